The summed E-state index contributed by atoms with van der Waals surface area (Å²) in [5, 5.41) is 9.56. The SMILES string of the molecule is COC(=O)C(C)C(C)Sc1cc(C#N)ccn1. The Hall–Kier alpha value is -1.54. The van der Waals surface area contributed by atoms with Crippen LogP contribution in [0.25, 0.3) is 0 Å². The van der Waals surface area contributed by atoms with Gasteiger partial charge in [-0.1, -0.05) is 13.8 Å². The van der Waals surface area contributed by atoms with E-state index in [2.05, 4.69) is 11.1 Å². The predicted octanol–water partition coefficient (Wildman–Crippen LogP) is 2.24. The van der Waals surface area contributed by atoms with Crippen molar-refractivity contribution in [1.82, 2.24) is 4.98 Å². The Labute approximate surface area is 105 Å². The van der Waals surface area contributed by atoms with Crippen molar-refractivity contribution >= 4 is 17.7 Å². The van der Waals surface area contributed by atoms with Crippen LogP contribution in [0, 0.1) is 17.2 Å². The lowest BCUT2D eigenvalue weighted by Crippen LogP contribution is -2.22. The Morgan fingerprint density at radius 3 is 2.88 bits per heavy atom. The lowest BCUT2D eigenvalue weighted by atomic mass is 10.1. The van der Waals surface area contributed by atoms with E-state index in [1.165, 1.54) is 18.9 Å². The van der Waals surface area contributed by atoms with Crippen LogP contribution < -0.4 is 0 Å². The summed E-state index contributed by atoms with van der Waals surface area (Å²) < 4.78 is 4.69. The molecule has 0 fully saturated rings. The second-order valence-corrected chi connectivity index (χ2v) is 5.03. The van der Waals surface area contributed by atoms with Crippen LogP contribution in [0.2, 0.25) is 0 Å². The van der Waals surface area contributed by atoms with E-state index in [1.54, 1.807) is 18.3 Å². The van der Waals surface area contributed by atoms with Crippen LogP contribution in [0.5, 0.6) is 0 Å². The molecule has 1 rings (SSSR count). The van der Waals surface area contributed by atoms with Gasteiger partial charge in [0.05, 0.1) is 29.7 Å². The average molecular weight is 250 g/mol. The molecule has 0 radical (unpaired) electrons. The first kappa shape index (κ1) is 13.5. The minimum atomic E-state index is -0.235. The van der Waals surface area contributed by atoms with Crippen molar-refractivity contribution in [3.8, 4) is 6.07 Å². The van der Waals surface area contributed by atoms with Gasteiger partial charge >= 0.3 is 5.97 Å². The Kier molecular flexibility index (Phi) is 4.98. The van der Waals surface area contributed by atoms with Crippen LogP contribution in [0.15, 0.2) is 23.4 Å². The zero-order valence-corrected chi connectivity index (χ0v) is 10.8. The molecular weight excluding hydrogens is 236 g/mol. The molecule has 0 saturated heterocycles. The third-order valence-corrected chi connectivity index (χ3v) is 3.69. The van der Waals surface area contributed by atoms with E-state index >= 15 is 0 Å². The standard InChI is InChI=1S/C12H14N2O2S/c1-8(12(15)16-3)9(2)17-11-6-10(7-13)4-5-14-11/h4-6,8-9H,1-3H3. The molecule has 0 aliphatic rings. The van der Waals surface area contributed by atoms with Crippen molar-refractivity contribution in [2.24, 2.45) is 5.92 Å². The first-order valence-electron chi connectivity index (χ1n) is 5.19. The lowest BCUT2D eigenvalue weighted by Gasteiger charge is -2.16. The Morgan fingerprint density at radius 1 is 1.59 bits per heavy atom. The van der Waals surface area contributed by atoms with Crippen LogP contribution in [-0.2, 0) is 9.53 Å². The topological polar surface area (TPSA) is 63.0 Å². The van der Waals surface area contributed by atoms with Crippen LogP contribution in [0.1, 0.15) is 19.4 Å². The van der Waals surface area contributed by atoms with Gasteiger partial charge in [0.1, 0.15) is 0 Å². The summed E-state index contributed by atoms with van der Waals surface area (Å²) in [6.45, 7) is 3.75. The van der Waals surface area contributed by atoms with E-state index in [0.29, 0.717) is 5.56 Å². The second-order valence-electron chi connectivity index (χ2n) is 3.63. The van der Waals surface area contributed by atoms with Crippen molar-refractivity contribution in [2.45, 2.75) is 24.1 Å². The van der Waals surface area contributed by atoms with Gasteiger partial charge < -0.3 is 4.74 Å². The fourth-order valence-corrected chi connectivity index (χ4v) is 2.23. The summed E-state index contributed by atoms with van der Waals surface area (Å²) in [5.41, 5.74) is 0.570. The Morgan fingerprint density at radius 2 is 2.29 bits per heavy atom. The highest BCUT2D eigenvalue weighted by Gasteiger charge is 2.22. The highest BCUT2D eigenvalue weighted by atomic mass is 32.2. The molecule has 1 heterocycles. The van der Waals surface area contributed by atoms with Gasteiger partial charge in [-0.2, -0.15) is 5.26 Å². The van der Waals surface area contributed by atoms with Gasteiger partial charge in [-0.05, 0) is 12.1 Å². The molecule has 0 bridgehead atoms. The van der Waals surface area contributed by atoms with E-state index < -0.39 is 0 Å². The molecule has 0 aromatic carbocycles. The molecular formula is C12H14N2O2S. The largest absolute Gasteiger partial charge is 0.469 e. The zero-order chi connectivity index (χ0) is 12.8. The zero-order valence-electron chi connectivity index (χ0n) is 10.0. The summed E-state index contributed by atoms with van der Waals surface area (Å²) >= 11 is 1.46. The molecule has 90 valence electrons. The molecule has 0 aliphatic carbocycles. The molecule has 2 atom stereocenters. The number of esters is 1. The van der Waals surface area contributed by atoms with Crippen LogP contribution in [0.3, 0.4) is 0 Å². The number of aromatic nitrogens is 1. The Balaban J connectivity index is 2.71. The molecule has 0 saturated carbocycles. The van der Waals surface area contributed by atoms with Crippen molar-refractivity contribution in [2.75, 3.05) is 7.11 Å². The maximum atomic E-state index is 11.4. The van der Waals surface area contributed by atoms with Gasteiger partial charge in [0.2, 0.25) is 0 Å². The number of hydrogen-bond donors (Lipinski definition) is 0. The van der Waals surface area contributed by atoms with Gasteiger partial charge in [-0.3, -0.25) is 4.79 Å². The highest BCUT2D eigenvalue weighted by molar-refractivity contribution is 7.99. The average Bonchev–Trinajstić information content (AvgIpc) is 2.37. The molecule has 2 unspecified atom stereocenters. The number of hydrogen-bond acceptors (Lipinski definition) is 5. The van der Waals surface area contributed by atoms with E-state index in [1.807, 2.05) is 13.8 Å². The molecule has 0 N–H and O–H groups in total. The molecule has 17 heavy (non-hydrogen) atoms. The van der Waals surface area contributed by atoms with Crippen LogP contribution in [-0.4, -0.2) is 23.3 Å². The number of carbonyl (C=O) groups excluding carboxylic acids is 1. The second kappa shape index (κ2) is 6.26. The molecule has 5 heteroatoms. The van der Waals surface area contributed by atoms with E-state index in [9.17, 15) is 4.79 Å². The van der Waals surface area contributed by atoms with Gasteiger partial charge in [0.15, 0.2) is 0 Å². The Bertz CT molecular complexity index is 442. The normalized spacial score (nSPS) is 13.5. The number of carbonyl (C=O) groups is 1. The number of methoxy groups -OCH3 is 1. The first-order valence-corrected chi connectivity index (χ1v) is 6.07. The fraction of sp³-hybridized carbons (Fsp3) is 0.417. The van der Waals surface area contributed by atoms with E-state index in [4.69, 9.17) is 10.00 Å². The van der Waals surface area contributed by atoms with Gasteiger partial charge in [-0.25, -0.2) is 4.98 Å². The van der Waals surface area contributed by atoms with Gasteiger partial charge in [0, 0.05) is 11.4 Å². The van der Waals surface area contributed by atoms with Gasteiger partial charge in [-0.15, -0.1) is 11.8 Å². The molecule has 0 spiro atoms. The summed E-state index contributed by atoms with van der Waals surface area (Å²) in [7, 11) is 1.38. The molecule has 4 nitrogen and oxygen atoms in total. The minimum absolute atomic E-state index is 0.0453. The molecule has 0 aliphatic heterocycles. The molecule has 1 aromatic heterocycles. The van der Waals surface area contributed by atoms with Crippen molar-refractivity contribution < 1.29 is 9.53 Å². The van der Waals surface area contributed by atoms with Crippen LogP contribution >= 0.6 is 11.8 Å². The molecule has 0 amide bonds. The summed E-state index contributed by atoms with van der Waals surface area (Å²) in [5.74, 6) is -0.445. The fourth-order valence-electron chi connectivity index (χ4n) is 1.21. The number of thioether (sulfide) groups is 1. The van der Waals surface area contributed by atoms with Crippen molar-refractivity contribution in [3.05, 3.63) is 23.9 Å². The number of pyridine rings is 1. The van der Waals surface area contributed by atoms with E-state index in [-0.39, 0.29) is 17.1 Å². The third-order valence-electron chi connectivity index (χ3n) is 2.45. The maximum Gasteiger partial charge on any atom is 0.309 e. The van der Waals surface area contributed by atoms with Gasteiger partial charge in [0.25, 0.3) is 0 Å². The highest BCUT2D eigenvalue weighted by Crippen LogP contribution is 2.27. The van der Waals surface area contributed by atoms with Crippen LogP contribution in [0.4, 0.5) is 0 Å². The number of nitrogens with zero attached hydrogens (tertiary/aromatic N) is 2. The number of rotatable bonds is 4. The predicted molar refractivity (Wildman–Crippen MR) is 65.5 cm³/mol. The maximum absolute atomic E-state index is 11.4. The third kappa shape index (κ3) is 3.75. The van der Waals surface area contributed by atoms with Crippen molar-refractivity contribution in [1.29, 1.82) is 5.26 Å². The summed E-state index contributed by atoms with van der Waals surface area (Å²) in [6.07, 6.45) is 1.59. The monoisotopic (exact) mass is 250 g/mol. The minimum Gasteiger partial charge on any atom is -0.469 e. The quantitative estimate of drug-likeness (QED) is 0.605. The number of nitriles is 1. The lowest BCUT2D eigenvalue weighted by molar-refractivity contribution is -0.144. The van der Waals surface area contributed by atoms with Crippen molar-refractivity contribution in [3.63, 3.8) is 0 Å². The molecule has 1 aromatic rings. The number of ether oxygens (including phenoxy) is 1. The first-order chi connectivity index (χ1) is 8.08. The summed E-state index contributed by atoms with van der Waals surface area (Å²) in [6, 6.07) is 5.42. The van der Waals surface area contributed by atoms with E-state index in [0.717, 1.165) is 5.03 Å². The smallest absolute Gasteiger partial charge is 0.309 e. The summed E-state index contributed by atoms with van der Waals surface area (Å²) in [4.78, 5) is 15.5.